The van der Waals surface area contributed by atoms with Crippen molar-refractivity contribution in [2.45, 2.75) is 6.30 Å². The molecule has 2 aromatic rings. The lowest BCUT2D eigenvalue weighted by molar-refractivity contribution is -0.100. The minimum absolute atomic E-state index is 0.377. The molecule has 0 aliphatic heterocycles. The highest BCUT2D eigenvalue weighted by molar-refractivity contribution is 5.88. The molecule has 0 aliphatic rings. The zero-order chi connectivity index (χ0) is 14.4. The molecule has 0 amide bonds. The standard InChI is InChI=1S/C11H5F6NO/c12-6-3-5-4(1-2-7(19)8(5)13)9(14)10(6)18-11(15,16)17/h1-3,18-19H. The Morgan fingerprint density at radius 3 is 2.16 bits per heavy atom. The van der Waals surface area contributed by atoms with Gasteiger partial charge >= 0.3 is 6.30 Å². The lowest BCUT2D eigenvalue weighted by Gasteiger charge is -2.13. The highest BCUT2D eigenvalue weighted by Crippen LogP contribution is 2.34. The third-order valence-electron chi connectivity index (χ3n) is 2.39. The molecule has 0 unspecified atom stereocenters. The average molecular weight is 281 g/mol. The molecule has 0 atom stereocenters. The summed E-state index contributed by atoms with van der Waals surface area (Å²) in [5.41, 5.74) is -1.43. The molecule has 2 nitrogen and oxygen atoms in total. The van der Waals surface area contributed by atoms with Gasteiger partial charge in [-0.3, -0.25) is 5.32 Å². The highest BCUT2D eigenvalue weighted by Gasteiger charge is 2.31. The van der Waals surface area contributed by atoms with Gasteiger partial charge in [-0.05, 0) is 18.2 Å². The number of phenols is 1. The maximum atomic E-state index is 13.7. The van der Waals surface area contributed by atoms with E-state index >= 15 is 0 Å². The number of aromatic hydroxyl groups is 1. The molecular weight excluding hydrogens is 276 g/mol. The molecule has 0 fully saturated rings. The van der Waals surface area contributed by atoms with Crippen molar-refractivity contribution in [1.82, 2.24) is 0 Å². The van der Waals surface area contributed by atoms with Crippen molar-refractivity contribution in [2.24, 2.45) is 0 Å². The predicted molar refractivity (Wildman–Crippen MR) is 55.2 cm³/mol. The van der Waals surface area contributed by atoms with E-state index in [4.69, 9.17) is 5.11 Å². The molecule has 0 bridgehead atoms. The molecule has 19 heavy (non-hydrogen) atoms. The summed E-state index contributed by atoms with van der Waals surface area (Å²) in [5, 5.41) is 8.52. The van der Waals surface area contributed by atoms with E-state index in [9.17, 15) is 26.3 Å². The zero-order valence-electron chi connectivity index (χ0n) is 8.95. The molecule has 2 rings (SSSR count). The van der Waals surface area contributed by atoms with Crippen LogP contribution in [-0.4, -0.2) is 11.4 Å². The molecule has 2 N–H and O–H groups in total. The first-order valence-corrected chi connectivity index (χ1v) is 4.85. The van der Waals surface area contributed by atoms with Crippen LogP contribution in [0.3, 0.4) is 0 Å². The van der Waals surface area contributed by atoms with E-state index in [1.165, 1.54) is 0 Å². The molecule has 8 heteroatoms. The van der Waals surface area contributed by atoms with Gasteiger partial charge in [0.05, 0.1) is 0 Å². The molecule has 0 spiro atoms. The van der Waals surface area contributed by atoms with Crippen LogP contribution in [0.25, 0.3) is 10.8 Å². The van der Waals surface area contributed by atoms with Gasteiger partial charge in [0.1, 0.15) is 11.5 Å². The van der Waals surface area contributed by atoms with Gasteiger partial charge in [0.2, 0.25) is 0 Å². The number of halogens is 6. The highest BCUT2D eigenvalue weighted by atomic mass is 19.4. The van der Waals surface area contributed by atoms with E-state index in [0.717, 1.165) is 12.1 Å². The summed E-state index contributed by atoms with van der Waals surface area (Å²) in [4.78, 5) is 0. The molecule has 0 aromatic heterocycles. The second-order valence-electron chi connectivity index (χ2n) is 3.66. The van der Waals surface area contributed by atoms with Gasteiger partial charge in [-0.25, -0.2) is 13.2 Å². The van der Waals surface area contributed by atoms with E-state index in [1.807, 2.05) is 0 Å². The van der Waals surface area contributed by atoms with Crippen molar-refractivity contribution in [1.29, 1.82) is 0 Å². The van der Waals surface area contributed by atoms with Crippen LogP contribution in [0.1, 0.15) is 0 Å². The van der Waals surface area contributed by atoms with Crippen LogP contribution in [0.4, 0.5) is 32.0 Å². The largest absolute Gasteiger partial charge is 0.505 e. The number of rotatable bonds is 1. The first-order valence-electron chi connectivity index (χ1n) is 4.85. The third-order valence-corrected chi connectivity index (χ3v) is 2.39. The lowest BCUT2D eigenvalue weighted by Crippen LogP contribution is -2.22. The molecule has 0 saturated carbocycles. The van der Waals surface area contributed by atoms with Gasteiger partial charge in [-0.1, -0.05) is 0 Å². The third kappa shape index (κ3) is 2.38. The van der Waals surface area contributed by atoms with Crippen LogP contribution < -0.4 is 5.32 Å². The monoisotopic (exact) mass is 281 g/mol. The van der Waals surface area contributed by atoms with Crippen molar-refractivity contribution in [2.75, 3.05) is 5.32 Å². The van der Waals surface area contributed by atoms with Gasteiger partial charge in [-0.15, -0.1) is 0 Å². The van der Waals surface area contributed by atoms with Gasteiger partial charge in [-0.2, -0.15) is 13.2 Å². The average Bonchev–Trinajstić information content (AvgIpc) is 2.29. The normalized spacial score (nSPS) is 11.9. The topological polar surface area (TPSA) is 32.3 Å². The number of phenolic OH excluding ortho intramolecular Hbond substituents is 1. The fraction of sp³-hybridized carbons (Fsp3) is 0.0909. The number of nitrogens with one attached hydrogen (secondary N) is 1. The molecule has 0 aliphatic carbocycles. The SMILES string of the molecule is Oc1ccc2c(F)c(NC(F)(F)F)c(F)cc2c1F. The Bertz CT molecular complexity index is 652. The van der Waals surface area contributed by atoms with Gasteiger partial charge in [0, 0.05) is 10.8 Å². The van der Waals surface area contributed by atoms with Crippen molar-refractivity contribution in [3.8, 4) is 5.75 Å². The Labute approximate surface area is 102 Å². The summed E-state index contributed by atoms with van der Waals surface area (Å²) in [6, 6.07) is 1.99. The minimum atomic E-state index is -5.04. The number of hydrogen-bond donors (Lipinski definition) is 2. The summed E-state index contributed by atoms with van der Waals surface area (Å²) in [6.07, 6.45) is -5.04. The molecule has 102 valence electrons. The maximum Gasteiger partial charge on any atom is 0.482 e. The summed E-state index contributed by atoms with van der Waals surface area (Å²) in [5.74, 6) is -5.38. The molecule has 0 radical (unpaired) electrons. The Morgan fingerprint density at radius 2 is 1.58 bits per heavy atom. The van der Waals surface area contributed by atoms with Crippen molar-refractivity contribution < 1.29 is 31.4 Å². The Balaban J connectivity index is 2.73. The first-order chi connectivity index (χ1) is 8.70. The lowest BCUT2D eigenvalue weighted by atomic mass is 10.1. The van der Waals surface area contributed by atoms with Crippen molar-refractivity contribution in [3.63, 3.8) is 0 Å². The van der Waals surface area contributed by atoms with Crippen LogP contribution >= 0.6 is 0 Å². The number of anilines is 1. The van der Waals surface area contributed by atoms with Crippen LogP contribution in [-0.2, 0) is 0 Å². The fourth-order valence-electron chi connectivity index (χ4n) is 1.61. The number of alkyl halides is 3. The molecular formula is C11H5F6NO. The first kappa shape index (κ1) is 13.3. The summed E-state index contributed by atoms with van der Waals surface area (Å²) in [6.45, 7) is 0. The fourth-order valence-corrected chi connectivity index (χ4v) is 1.61. The minimum Gasteiger partial charge on any atom is -0.505 e. The molecule has 2 aromatic carbocycles. The number of hydrogen-bond acceptors (Lipinski definition) is 2. The maximum absolute atomic E-state index is 13.7. The van der Waals surface area contributed by atoms with Crippen LogP contribution in [0, 0.1) is 17.5 Å². The Kier molecular flexibility index (Phi) is 2.95. The van der Waals surface area contributed by atoms with E-state index in [2.05, 4.69) is 0 Å². The van der Waals surface area contributed by atoms with Crippen LogP contribution in [0.5, 0.6) is 5.75 Å². The summed E-state index contributed by atoms with van der Waals surface area (Å²) in [7, 11) is 0. The number of benzene rings is 2. The Morgan fingerprint density at radius 1 is 0.947 bits per heavy atom. The Hall–Kier alpha value is -2.12. The van der Waals surface area contributed by atoms with Gasteiger partial charge in [0.15, 0.2) is 17.4 Å². The van der Waals surface area contributed by atoms with E-state index in [1.54, 1.807) is 0 Å². The zero-order valence-corrected chi connectivity index (χ0v) is 8.95. The summed E-state index contributed by atoms with van der Waals surface area (Å²) >= 11 is 0. The van der Waals surface area contributed by atoms with E-state index in [-0.39, 0.29) is 0 Å². The predicted octanol–water partition coefficient (Wildman–Crippen LogP) is 3.89. The van der Waals surface area contributed by atoms with E-state index < -0.39 is 46.0 Å². The van der Waals surface area contributed by atoms with E-state index in [0.29, 0.717) is 11.4 Å². The van der Waals surface area contributed by atoms with Gasteiger partial charge < -0.3 is 5.11 Å². The van der Waals surface area contributed by atoms with Crippen molar-refractivity contribution in [3.05, 3.63) is 35.7 Å². The summed E-state index contributed by atoms with van der Waals surface area (Å²) < 4.78 is 76.8. The van der Waals surface area contributed by atoms with Gasteiger partial charge in [0.25, 0.3) is 0 Å². The quantitative estimate of drug-likeness (QED) is 0.614. The van der Waals surface area contributed by atoms with Crippen molar-refractivity contribution >= 4 is 16.5 Å². The molecule has 0 heterocycles. The number of fused-ring (bicyclic) bond motifs is 1. The van der Waals surface area contributed by atoms with Crippen LogP contribution in [0.15, 0.2) is 18.2 Å². The second-order valence-corrected chi connectivity index (χ2v) is 3.66. The second kappa shape index (κ2) is 4.22. The molecule has 0 saturated heterocycles. The smallest absolute Gasteiger partial charge is 0.482 e. The van der Waals surface area contributed by atoms with Crippen LogP contribution in [0.2, 0.25) is 0 Å².